The standard InChI is InChI=1S/C9H9ClO2/c1-6-9(11-6)12-8-4-2-7(10)3-5-8/h2-6,9H,1H3. The van der Waals surface area contributed by atoms with E-state index in [-0.39, 0.29) is 12.4 Å². The highest BCUT2D eigenvalue weighted by Gasteiger charge is 2.36. The summed E-state index contributed by atoms with van der Waals surface area (Å²) in [6.45, 7) is 1.97. The first-order valence-electron chi connectivity index (χ1n) is 3.83. The van der Waals surface area contributed by atoms with Crippen LogP contribution in [-0.2, 0) is 4.74 Å². The van der Waals surface area contributed by atoms with Gasteiger partial charge in [-0.25, -0.2) is 0 Å². The van der Waals surface area contributed by atoms with Crippen LogP contribution in [0.15, 0.2) is 24.3 Å². The molecule has 1 aromatic carbocycles. The maximum atomic E-state index is 5.71. The summed E-state index contributed by atoms with van der Waals surface area (Å²) in [5.74, 6) is 0.800. The van der Waals surface area contributed by atoms with Crippen LogP contribution in [0, 0.1) is 0 Å². The van der Waals surface area contributed by atoms with Crippen molar-refractivity contribution in [3.8, 4) is 5.75 Å². The molecule has 2 nitrogen and oxygen atoms in total. The van der Waals surface area contributed by atoms with E-state index in [2.05, 4.69) is 0 Å². The minimum atomic E-state index is -0.0637. The number of ether oxygens (including phenoxy) is 2. The highest BCUT2D eigenvalue weighted by atomic mass is 35.5. The predicted molar refractivity (Wildman–Crippen MR) is 46.4 cm³/mol. The van der Waals surface area contributed by atoms with Gasteiger partial charge in [0.25, 0.3) is 0 Å². The molecule has 2 atom stereocenters. The first-order chi connectivity index (χ1) is 5.75. The fourth-order valence-electron chi connectivity index (χ4n) is 0.937. The molecule has 0 bridgehead atoms. The van der Waals surface area contributed by atoms with E-state index in [9.17, 15) is 0 Å². The third-order valence-electron chi connectivity index (χ3n) is 1.72. The zero-order valence-electron chi connectivity index (χ0n) is 6.66. The lowest BCUT2D eigenvalue weighted by Crippen LogP contribution is -2.00. The van der Waals surface area contributed by atoms with Crippen molar-refractivity contribution < 1.29 is 9.47 Å². The zero-order valence-corrected chi connectivity index (χ0v) is 7.41. The van der Waals surface area contributed by atoms with Gasteiger partial charge in [-0.3, -0.25) is 0 Å². The Bertz CT molecular complexity index is 270. The van der Waals surface area contributed by atoms with Gasteiger partial charge in [0, 0.05) is 5.02 Å². The molecule has 0 N–H and O–H groups in total. The highest BCUT2D eigenvalue weighted by molar-refractivity contribution is 6.30. The van der Waals surface area contributed by atoms with Crippen molar-refractivity contribution in [1.29, 1.82) is 0 Å². The second kappa shape index (κ2) is 2.96. The highest BCUT2D eigenvalue weighted by Crippen LogP contribution is 2.26. The first kappa shape index (κ1) is 7.90. The average molecular weight is 185 g/mol. The molecule has 64 valence electrons. The molecule has 1 aliphatic rings. The fourth-order valence-corrected chi connectivity index (χ4v) is 1.06. The lowest BCUT2D eigenvalue weighted by Gasteiger charge is -2.00. The maximum Gasteiger partial charge on any atom is 0.226 e. The maximum absolute atomic E-state index is 5.71. The Morgan fingerprint density at radius 3 is 2.42 bits per heavy atom. The van der Waals surface area contributed by atoms with Gasteiger partial charge in [-0.2, -0.15) is 0 Å². The molecule has 1 heterocycles. The molecule has 12 heavy (non-hydrogen) atoms. The van der Waals surface area contributed by atoms with Crippen LogP contribution in [-0.4, -0.2) is 12.4 Å². The summed E-state index contributed by atoms with van der Waals surface area (Å²) in [4.78, 5) is 0. The van der Waals surface area contributed by atoms with Crippen LogP contribution in [0.1, 0.15) is 6.92 Å². The smallest absolute Gasteiger partial charge is 0.226 e. The van der Waals surface area contributed by atoms with Gasteiger partial charge in [0.2, 0.25) is 6.29 Å². The third-order valence-corrected chi connectivity index (χ3v) is 1.97. The summed E-state index contributed by atoms with van der Waals surface area (Å²) >= 11 is 5.71. The largest absolute Gasteiger partial charge is 0.462 e. The van der Waals surface area contributed by atoms with Crippen LogP contribution < -0.4 is 4.74 Å². The topological polar surface area (TPSA) is 21.8 Å². The van der Waals surface area contributed by atoms with E-state index in [1.807, 2.05) is 19.1 Å². The van der Waals surface area contributed by atoms with Crippen LogP contribution in [0.25, 0.3) is 0 Å². The molecule has 0 aromatic heterocycles. The Labute approximate surface area is 76.1 Å². The number of hydrogen-bond donors (Lipinski definition) is 0. The van der Waals surface area contributed by atoms with E-state index in [1.165, 1.54) is 0 Å². The van der Waals surface area contributed by atoms with Crippen molar-refractivity contribution in [3.05, 3.63) is 29.3 Å². The van der Waals surface area contributed by atoms with Gasteiger partial charge < -0.3 is 9.47 Å². The minimum Gasteiger partial charge on any atom is -0.462 e. The molecule has 0 radical (unpaired) electrons. The molecule has 1 aromatic rings. The van der Waals surface area contributed by atoms with E-state index in [1.54, 1.807) is 12.1 Å². The van der Waals surface area contributed by atoms with Crippen molar-refractivity contribution in [2.24, 2.45) is 0 Å². The number of benzene rings is 1. The minimum absolute atomic E-state index is 0.0637. The van der Waals surface area contributed by atoms with Gasteiger partial charge in [-0.1, -0.05) is 11.6 Å². The van der Waals surface area contributed by atoms with Crippen molar-refractivity contribution in [2.45, 2.75) is 19.3 Å². The summed E-state index contributed by atoms with van der Waals surface area (Å²) < 4.78 is 10.5. The average Bonchev–Trinajstić information content (AvgIpc) is 2.72. The molecular formula is C9H9ClO2. The van der Waals surface area contributed by atoms with E-state index in [4.69, 9.17) is 21.1 Å². The molecule has 2 unspecified atom stereocenters. The van der Waals surface area contributed by atoms with E-state index >= 15 is 0 Å². The van der Waals surface area contributed by atoms with Gasteiger partial charge in [-0.15, -0.1) is 0 Å². The molecule has 1 fully saturated rings. The molecule has 0 aliphatic carbocycles. The van der Waals surface area contributed by atoms with Gasteiger partial charge in [0.05, 0.1) is 0 Å². The number of rotatable bonds is 2. The summed E-state index contributed by atoms with van der Waals surface area (Å²) in [5, 5.41) is 0.715. The van der Waals surface area contributed by atoms with Crippen LogP contribution in [0.5, 0.6) is 5.75 Å². The van der Waals surface area contributed by atoms with Crippen LogP contribution in [0.3, 0.4) is 0 Å². The Balaban J connectivity index is 2.00. The number of epoxide rings is 1. The van der Waals surface area contributed by atoms with Gasteiger partial charge in [-0.05, 0) is 31.2 Å². The van der Waals surface area contributed by atoms with E-state index in [0.717, 1.165) is 5.75 Å². The lowest BCUT2D eigenvalue weighted by atomic mass is 10.3. The Morgan fingerprint density at radius 1 is 1.33 bits per heavy atom. The summed E-state index contributed by atoms with van der Waals surface area (Å²) in [5.41, 5.74) is 0. The Kier molecular flexibility index (Phi) is 1.95. The third kappa shape index (κ3) is 1.71. The van der Waals surface area contributed by atoms with Gasteiger partial charge in [0.15, 0.2) is 0 Å². The van der Waals surface area contributed by atoms with E-state index < -0.39 is 0 Å². The zero-order chi connectivity index (χ0) is 8.55. The molecule has 2 rings (SSSR count). The van der Waals surface area contributed by atoms with Crippen molar-refractivity contribution in [2.75, 3.05) is 0 Å². The van der Waals surface area contributed by atoms with Crippen molar-refractivity contribution in [3.63, 3.8) is 0 Å². The number of hydrogen-bond acceptors (Lipinski definition) is 2. The van der Waals surface area contributed by atoms with Gasteiger partial charge >= 0.3 is 0 Å². The van der Waals surface area contributed by atoms with Crippen molar-refractivity contribution in [1.82, 2.24) is 0 Å². The second-order valence-corrected chi connectivity index (χ2v) is 3.22. The van der Waals surface area contributed by atoms with Crippen LogP contribution in [0.4, 0.5) is 0 Å². The lowest BCUT2D eigenvalue weighted by molar-refractivity contribution is 0.178. The second-order valence-electron chi connectivity index (χ2n) is 2.78. The summed E-state index contributed by atoms with van der Waals surface area (Å²) in [6, 6.07) is 7.25. The molecule has 1 saturated heterocycles. The summed E-state index contributed by atoms with van der Waals surface area (Å²) in [6.07, 6.45) is 0.159. The summed E-state index contributed by atoms with van der Waals surface area (Å²) in [7, 11) is 0. The molecule has 0 amide bonds. The first-order valence-corrected chi connectivity index (χ1v) is 4.21. The Hall–Kier alpha value is -0.730. The quantitative estimate of drug-likeness (QED) is 0.659. The molecular weight excluding hydrogens is 176 g/mol. The Morgan fingerprint density at radius 2 is 1.92 bits per heavy atom. The normalized spacial score (nSPS) is 26.8. The molecule has 3 heteroatoms. The molecule has 0 saturated carbocycles. The fraction of sp³-hybridized carbons (Fsp3) is 0.333. The van der Waals surface area contributed by atoms with Crippen molar-refractivity contribution >= 4 is 11.6 Å². The molecule has 1 aliphatic heterocycles. The SMILES string of the molecule is CC1OC1Oc1ccc(Cl)cc1. The van der Waals surface area contributed by atoms with Crippen LogP contribution in [0.2, 0.25) is 5.02 Å². The van der Waals surface area contributed by atoms with Gasteiger partial charge in [0.1, 0.15) is 11.9 Å². The molecule has 0 spiro atoms. The van der Waals surface area contributed by atoms with E-state index in [0.29, 0.717) is 5.02 Å². The monoisotopic (exact) mass is 184 g/mol. The van der Waals surface area contributed by atoms with Crippen LogP contribution >= 0.6 is 11.6 Å². The predicted octanol–water partition coefficient (Wildman–Crippen LogP) is 2.46. The number of halogens is 1.